The van der Waals surface area contributed by atoms with E-state index in [-0.39, 0.29) is 5.56 Å². The van der Waals surface area contributed by atoms with Crippen LogP contribution in [-0.2, 0) is 15.7 Å². The molecule has 1 atom stereocenters. The van der Waals surface area contributed by atoms with Crippen LogP contribution in [0.3, 0.4) is 0 Å². The van der Waals surface area contributed by atoms with Crippen LogP contribution in [0.1, 0.15) is 22.8 Å². The predicted molar refractivity (Wildman–Crippen MR) is 87.9 cm³/mol. The fourth-order valence-electron chi connectivity index (χ4n) is 2.06. The number of nitrogens with one attached hydrogen (secondary N) is 1. The van der Waals surface area contributed by atoms with E-state index in [9.17, 15) is 22.8 Å². The number of rotatable bonds is 5. The van der Waals surface area contributed by atoms with Crippen molar-refractivity contribution in [1.82, 2.24) is 0 Å². The van der Waals surface area contributed by atoms with Gasteiger partial charge in [0.1, 0.15) is 5.75 Å². The summed E-state index contributed by atoms with van der Waals surface area (Å²) >= 11 is 0. The van der Waals surface area contributed by atoms with E-state index >= 15 is 0 Å². The number of esters is 1. The molecule has 0 aliphatic rings. The summed E-state index contributed by atoms with van der Waals surface area (Å²) in [6, 6.07) is 10.2. The summed E-state index contributed by atoms with van der Waals surface area (Å²) in [6.45, 7) is 1.35. The topological polar surface area (TPSA) is 64.6 Å². The molecule has 1 N–H and O–H groups in total. The Labute approximate surface area is 147 Å². The fourth-order valence-corrected chi connectivity index (χ4v) is 2.06. The van der Waals surface area contributed by atoms with Crippen LogP contribution in [0.15, 0.2) is 48.5 Å². The number of ether oxygens (including phenoxy) is 2. The third kappa shape index (κ3) is 4.75. The molecule has 0 aromatic heterocycles. The number of anilines is 1. The number of carbonyl (C=O) groups is 2. The Morgan fingerprint density at radius 2 is 1.65 bits per heavy atom. The second-order valence-corrected chi connectivity index (χ2v) is 5.31. The summed E-state index contributed by atoms with van der Waals surface area (Å²) in [7, 11) is 1.44. The van der Waals surface area contributed by atoms with Crippen molar-refractivity contribution >= 4 is 17.6 Å². The van der Waals surface area contributed by atoms with Gasteiger partial charge in [0.2, 0.25) is 0 Å². The van der Waals surface area contributed by atoms with Gasteiger partial charge in [-0.05, 0) is 43.3 Å². The Hall–Kier alpha value is -3.03. The minimum Gasteiger partial charge on any atom is -0.495 e. The molecule has 138 valence electrons. The van der Waals surface area contributed by atoms with Crippen molar-refractivity contribution in [2.75, 3.05) is 12.4 Å². The molecule has 5 nitrogen and oxygen atoms in total. The number of amides is 1. The number of hydrogen-bond donors (Lipinski definition) is 1. The molecule has 2 rings (SSSR count). The molecule has 0 radical (unpaired) electrons. The van der Waals surface area contributed by atoms with Gasteiger partial charge >= 0.3 is 12.1 Å². The summed E-state index contributed by atoms with van der Waals surface area (Å²) in [6.07, 6.45) is -5.65. The van der Waals surface area contributed by atoms with Gasteiger partial charge in [-0.3, -0.25) is 4.79 Å². The van der Waals surface area contributed by atoms with Crippen LogP contribution in [-0.4, -0.2) is 25.1 Å². The minimum absolute atomic E-state index is 0.0880. The molecule has 0 bridgehead atoms. The summed E-state index contributed by atoms with van der Waals surface area (Å²) in [5.41, 5.74) is -0.566. The Morgan fingerprint density at radius 1 is 1.04 bits per heavy atom. The average Bonchev–Trinajstić information content (AvgIpc) is 2.61. The molecule has 8 heteroatoms. The molecule has 1 amide bonds. The summed E-state index contributed by atoms with van der Waals surface area (Å²) < 4.78 is 47.7. The first kappa shape index (κ1) is 19.3. The number of carbonyl (C=O) groups excluding carboxylic acids is 2. The van der Waals surface area contributed by atoms with Gasteiger partial charge in [0.05, 0.1) is 23.9 Å². The lowest BCUT2D eigenvalue weighted by molar-refractivity contribution is -0.137. The quantitative estimate of drug-likeness (QED) is 0.814. The molecule has 0 aliphatic carbocycles. The Bertz CT molecular complexity index is 788. The zero-order chi connectivity index (χ0) is 19.3. The summed E-state index contributed by atoms with van der Waals surface area (Å²) in [5, 5.41) is 2.56. The number of alkyl halides is 3. The standard InChI is InChI=1S/C18H16F3NO4/c1-11(16(23)22-14-5-3-4-6-15(14)25-2)26-17(24)12-7-9-13(10-8-12)18(19,20)21/h3-11H,1-2H3,(H,22,23)/t11-/m1/s1. The maximum atomic E-state index is 12.5. The van der Waals surface area contributed by atoms with E-state index in [1.807, 2.05) is 0 Å². The summed E-state index contributed by atoms with van der Waals surface area (Å²) in [5.74, 6) is -1.07. The molecule has 0 aliphatic heterocycles. The lowest BCUT2D eigenvalue weighted by Gasteiger charge is -2.15. The monoisotopic (exact) mass is 367 g/mol. The molecular formula is C18H16F3NO4. The second kappa shape index (κ2) is 7.90. The SMILES string of the molecule is COc1ccccc1NC(=O)[C@@H](C)OC(=O)c1ccc(C(F)(F)F)cc1. The van der Waals surface area contributed by atoms with E-state index in [0.29, 0.717) is 11.4 Å². The highest BCUT2D eigenvalue weighted by molar-refractivity contribution is 5.98. The molecule has 0 saturated heterocycles. The van der Waals surface area contributed by atoms with Crippen molar-refractivity contribution in [2.45, 2.75) is 19.2 Å². The van der Waals surface area contributed by atoms with Gasteiger partial charge in [-0.1, -0.05) is 12.1 Å². The molecule has 26 heavy (non-hydrogen) atoms. The Morgan fingerprint density at radius 3 is 2.23 bits per heavy atom. The van der Waals surface area contributed by atoms with Gasteiger partial charge < -0.3 is 14.8 Å². The molecule has 0 heterocycles. The molecule has 0 unspecified atom stereocenters. The van der Waals surface area contributed by atoms with Gasteiger partial charge in [0, 0.05) is 0 Å². The van der Waals surface area contributed by atoms with Crippen LogP contribution in [0.5, 0.6) is 5.75 Å². The van der Waals surface area contributed by atoms with E-state index in [1.165, 1.54) is 14.0 Å². The van der Waals surface area contributed by atoms with Crippen LogP contribution in [0, 0.1) is 0 Å². The highest BCUT2D eigenvalue weighted by atomic mass is 19.4. The van der Waals surface area contributed by atoms with E-state index < -0.39 is 29.7 Å². The predicted octanol–water partition coefficient (Wildman–Crippen LogP) is 3.90. The number of para-hydroxylation sites is 2. The number of hydrogen-bond acceptors (Lipinski definition) is 4. The first-order valence-corrected chi connectivity index (χ1v) is 7.54. The number of methoxy groups -OCH3 is 1. The highest BCUT2D eigenvalue weighted by Crippen LogP contribution is 2.29. The van der Waals surface area contributed by atoms with E-state index in [2.05, 4.69) is 5.32 Å². The Kier molecular flexibility index (Phi) is 5.86. The van der Waals surface area contributed by atoms with E-state index in [4.69, 9.17) is 9.47 Å². The lowest BCUT2D eigenvalue weighted by Crippen LogP contribution is -2.30. The first-order valence-electron chi connectivity index (χ1n) is 7.54. The normalized spacial score (nSPS) is 12.2. The molecule has 0 fully saturated rings. The third-order valence-corrected chi connectivity index (χ3v) is 3.47. The van der Waals surface area contributed by atoms with Crippen LogP contribution >= 0.6 is 0 Å². The van der Waals surface area contributed by atoms with Gasteiger partial charge in [0.25, 0.3) is 5.91 Å². The highest BCUT2D eigenvalue weighted by Gasteiger charge is 2.30. The maximum absolute atomic E-state index is 12.5. The number of benzene rings is 2. The fraction of sp³-hybridized carbons (Fsp3) is 0.222. The minimum atomic E-state index is -4.50. The van der Waals surface area contributed by atoms with Crippen molar-refractivity contribution in [2.24, 2.45) is 0 Å². The molecular weight excluding hydrogens is 351 g/mol. The molecule has 0 spiro atoms. The molecule has 0 saturated carbocycles. The second-order valence-electron chi connectivity index (χ2n) is 5.31. The van der Waals surface area contributed by atoms with Crippen molar-refractivity contribution in [3.8, 4) is 5.75 Å². The largest absolute Gasteiger partial charge is 0.495 e. The third-order valence-electron chi connectivity index (χ3n) is 3.47. The zero-order valence-corrected chi connectivity index (χ0v) is 14.0. The summed E-state index contributed by atoms with van der Waals surface area (Å²) in [4.78, 5) is 24.1. The van der Waals surface area contributed by atoms with Gasteiger partial charge in [-0.25, -0.2) is 4.79 Å². The van der Waals surface area contributed by atoms with Crippen molar-refractivity contribution < 1.29 is 32.2 Å². The van der Waals surface area contributed by atoms with Gasteiger partial charge in [-0.2, -0.15) is 13.2 Å². The van der Waals surface area contributed by atoms with Crippen LogP contribution in [0.4, 0.5) is 18.9 Å². The molecule has 2 aromatic rings. The van der Waals surface area contributed by atoms with Gasteiger partial charge in [0.15, 0.2) is 6.10 Å². The maximum Gasteiger partial charge on any atom is 0.416 e. The smallest absolute Gasteiger partial charge is 0.416 e. The van der Waals surface area contributed by atoms with Crippen molar-refractivity contribution in [3.05, 3.63) is 59.7 Å². The van der Waals surface area contributed by atoms with E-state index in [0.717, 1.165) is 24.3 Å². The van der Waals surface area contributed by atoms with Crippen LogP contribution in [0.25, 0.3) is 0 Å². The molecule has 2 aromatic carbocycles. The average molecular weight is 367 g/mol. The zero-order valence-electron chi connectivity index (χ0n) is 14.0. The first-order chi connectivity index (χ1) is 12.2. The van der Waals surface area contributed by atoms with Crippen LogP contribution in [0.2, 0.25) is 0 Å². The lowest BCUT2D eigenvalue weighted by atomic mass is 10.1. The Balaban J connectivity index is 2.01. The van der Waals surface area contributed by atoms with Crippen LogP contribution < -0.4 is 10.1 Å². The van der Waals surface area contributed by atoms with Crippen molar-refractivity contribution in [1.29, 1.82) is 0 Å². The van der Waals surface area contributed by atoms with E-state index in [1.54, 1.807) is 24.3 Å². The number of halogens is 3. The van der Waals surface area contributed by atoms with Gasteiger partial charge in [-0.15, -0.1) is 0 Å². The van der Waals surface area contributed by atoms with Crippen molar-refractivity contribution in [3.63, 3.8) is 0 Å².